The number of primary amides is 1. The zero-order chi connectivity index (χ0) is 31.6. The third-order valence-electron chi connectivity index (χ3n) is 7.99. The molecule has 3 amide bonds. The van der Waals surface area contributed by atoms with Crippen LogP contribution in [0.2, 0.25) is 10.0 Å². The Morgan fingerprint density at radius 3 is 2.16 bits per heavy atom. The summed E-state index contributed by atoms with van der Waals surface area (Å²) in [5.41, 5.74) is 6.94. The lowest BCUT2D eigenvalue weighted by Gasteiger charge is -2.40. The van der Waals surface area contributed by atoms with Gasteiger partial charge in [0.05, 0.1) is 31.4 Å². The number of rotatable bonds is 8. The molecule has 11 heteroatoms. The van der Waals surface area contributed by atoms with Crippen molar-refractivity contribution in [3.05, 3.63) is 93.5 Å². The Morgan fingerprint density at radius 2 is 1.59 bits per heavy atom. The van der Waals surface area contributed by atoms with Crippen LogP contribution in [0.25, 0.3) is 0 Å². The average Bonchev–Trinajstić information content (AvgIpc) is 3.31. The zero-order valence-electron chi connectivity index (χ0n) is 25.3. The van der Waals surface area contributed by atoms with Gasteiger partial charge in [0.25, 0.3) is 0 Å². The van der Waals surface area contributed by atoms with Crippen LogP contribution in [0.15, 0.2) is 71.7 Å². The van der Waals surface area contributed by atoms with E-state index in [0.717, 1.165) is 11.1 Å². The first-order valence-electron chi connectivity index (χ1n) is 14.6. The summed E-state index contributed by atoms with van der Waals surface area (Å²) in [6.45, 7) is 7.99. The van der Waals surface area contributed by atoms with Gasteiger partial charge in [0, 0.05) is 42.3 Å². The fourth-order valence-corrected chi connectivity index (χ4v) is 6.12. The molecule has 1 fully saturated rings. The molecule has 9 nitrogen and oxygen atoms in total. The highest BCUT2D eigenvalue weighted by Crippen LogP contribution is 2.50. The van der Waals surface area contributed by atoms with Gasteiger partial charge in [-0.1, -0.05) is 47.5 Å². The van der Waals surface area contributed by atoms with Gasteiger partial charge < -0.3 is 20.1 Å². The number of benzene rings is 3. The molecule has 3 aromatic carbocycles. The number of ether oxygens (including phenoxy) is 2. The Bertz CT molecular complexity index is 1540. The predicted octanol–water partition coefficient (Wildman–Crippen LogP) is 5.73. The normalized spacial score (nSPS) is 20.5. The maximum absolute atomic E-state index is 14.7. The molecular weight excluding hydrogens is 601 g/mol. The average molecular weight is 639 g/mol. The molecule has 5 rings (SSSR count). The Labute approximate surface area is 268 Å². The molecule has 2 atom stereocenters. The third kappa shape index (κ3) is 6.50. The second-order valence-electron chi connectivity index (χ2n) is 11.5. The first-order valence-corrected chi connectivity index (χ1v) is 15.3. The number of nitrogens with two attached hydrogens (primary N) is 1. The summed E-state index contributed by atoms with van der Waals surface area (Å²) < 4.78 is 11.8. The van der Waals surface area contributed by atoms with Crippen LogP contribution in [0, 0.1) is 0 Å². The standard InChI is InChI=1S/C33H37Cl2N5O4/c1-21(2)44-28-19-26(43-4)13-14-27(28)31-37-33(3,23-7-11-25(35)12-8-23)30(22-5-9-24(34)10-6-22)40(31)32(42)39-17-15-38(16-18-39)20-29(36)41/h5-14,19,21,30H,15-18,20H2,1-4H3,(H2,36,41)/t30-,33+/m1/s1. The van der Waals surface area contributed by atoms with Crippen molar-refractivity contribution in [2.24, 2.45) is 10.7 Å². The quantitative estimate of drug-likeness (QED) is 0.340. The number of halogens is 2. The SMILES string of the molecule is COc1ccc(C2=N[C@@](C)(c3ccc(Cl)cc3)[C@@H](c3ccc(Cl)cc3)N2C(=O)N2CCN(CC(N)=O)CC2)c(OC(C)C)c1. The van der Waals surface area contributed by atoms with E-state index >= 15 is 0 Å². The van der Waals surface area contributed by atoms with Gasteiger partial charge in [-0.25, -0.2) is 4.79 Å². The molecular formula is C33H37Cl2N5O4. The molecule has 2 aliphatic heterocycles. The molecule has 0 saturated carbocycles. The third-order valence-corrected chi connectivity index (χ3v) is 8.50. The summed E-state index contributed by atoms with van der Waals surface area (Å²) in [4.78, 5) is 37.2. The van der Waals surface area contributed by atoms with E-state index in [4.69, 9.17) is 43.4 Å². The van der Waals surface area contributed by atoms with Crippen molar-refractivity contribution >= 4 is 41.0 Å². The van der Waals surface area contributed by atoms with E-state index in [1.807, 2.05) is 92.4 Å². The van der Waals surface area contributed by atoms with Crippen LogP contribution in [0.1, 0.15) is 43.5 Å². The van der Waals surface area contributed by atoms with Gasteiger partial charge in [0.15, 0.2) is 0 Å². The van der Waals surface area contributed by atoms with E-state index in [2.05, 4.69) is 0 Å². The lowest BCUT2D eigenvalue weighted by atomic mass is 9.81. The largest absolute Gasteiger partial charge is 0.497 e. The minimum absolute atomic E-state index is 0.139. The van der Waals surface area contributed by atoms with Crippen molar-refractivity contribution in [2.45, 2.75) is 38.5 Å². The van der Waals surface area contributed by atoms with Crippen LogP contribution >= 0.6 is 23.2 Å². The highest BCUT2D eigenvalue weighted by atomic mass is 35.5. The van der Waals surface area contributed by atoms with E-state index in [0.29, 0.717) is 59.1 Å². The molecule has 2 N–H and O–H groups in total. The molecule has 1 saturated heterocycles. The minimum atomic E-state index is -0.910. The highest BCUT2D eigenvalue weighted by molar-refractivity contribution is 6.30. The van der Waals surface area contributed by atoms with E-state index in [1.165, 1.54) is 0 Å². The van der Waals surface area contributed by atoms with Gasteiger partial charge in [-0.3, -0.25) is 19.6 Å². The van der Waals surface area contributed by atoms with Crippen LogP contribution in [-0.2, 0) is 10.3 Å². The molecule has 232 valence electrons. The van der Waals surface area contributed by atoms with Gasteiger partial charge in [-0.2, -0.15) is 0 Å². The summed E-state index contributed by atoms with van der Waals surface area (Å²) in [7, 11) is 1.60. The molecule has 3 aromatic rings. The first kappa shape index (κ1) is 31.6. The number of hydrogen-bond donors (Lipinski definition) is 1. The Hall–Kier alpha value is -3.79. The molecule has 0 unspecified atom stereocenters. The molecule has 44 heavy (non-hydrogen) atoms. The number of piperazine rings is 1. The summed E-state index contributed by atoms with van der Waals surface area (Å²) in [6, 6.07) is 19.9. The number of urea groups is 1. The molecule has 2 heterocycles. The summed E-state index contributed by atoms with van der Waals surface area (Å²) >= 11 is 12.6. The number of carbonyl (C=O) groups is 2. The summed E-state index contributed by atoms with van der Waals surface area (Å²) in [5, 5.41) is 1.19. The maximum atomic E-state index is 14.7. The summed E-state index contributed by atoms with van der Waals surface area (Å²) in [6.07, 6.45) is -0.139. The van der Waals surface area contributed by atoms with E-state index in [-0.39, 0.29) is 18.7 Å². The lowest BCUT2D eigenvalue weighted by Crippen LogP contribution is -2.55. The van der Waals surface area contributed by atoms with Gasteiger partial charge in [-0.05, 0) is 68.3 Å². The van der Waals surface area contributed by atoms with Crippen molar-refractivity contribution in [2.75, 3.05) is 39.8 Å². The molecule has 0 aliphatic carbocycles. The Kier molecular flexibility index (Phi) is 9.39. The number of amides is 3. The molecule has 0 radical (unpaired) electrons. The molecule has 0 aromatic heterocycles. The predicted molar refractivity (Wildman–Crippen MR) is 173 cm³/mol. The zero-order valence-corrected chi connectivity index (χ0v) is 26.8. The number of methoxy groups -OCH3 is 1. The van der Waals surface area contributed by atoms with Crippen LogP contribution in [0.4, 0.5) is 4.79 Å². The van der Waals surface area contributed by atoms with E-state index < -0.39 is 17.5 Å². The van der Waals surface area contributed by atoms with E-state index in [9.17, 15) is 9.59 Å². The Balaban J connectivity index is 1.68. The minimum Gasteiger partial charge on any atom is -0.497 e. The Morgan fingerprint density at radius 1 is 0.977 bits per heavy atom. The maximum Gasteiger partial charge on any atom is 0.326 e. The topological polar surface area (TPSA) is 101 Å². The van der Waals surface area contributed by atoms with E-state index in [1.54, 1.807) is 16.9 Å². The van der Waals surface area contributed by atoms with Crippen LogP contribution < -0.4 is 15.2 Å². The van der Waals surface area contributed by atoms with Crippen molar-refractivity contribution in [1.82, 2.24) is 14.7 Å². The highest BCUT2D eigenvalue weighted by Gasteiger charge is 2.51. The summed E-state index contributed by atoms with van der Waals surface area (Å²) in [5.74, 6) is 1.27. The number of carbonyl (C=O) groups excluding carboxylic acids is 2. The molecule has 0 bridgehead atoms. The number of amidine groups is 1. The first-order chi connectivity index (χ1) is 21.0. The van der Waals surface area contributed by atoms with Gasteiger partial charge in [-0.15, -0.1) is 0 Å². The van der Waals surface area contributed by atoms with Crippen molar-refractivity contribution in [3.8, 4) is 11.5 Å². The fraction of sp³-hybridized carbons (Fsp3) is 0.364. The second-order valence-corrected chi connectivity index (χ2v) is 12.3. The monoisotopic (exact) mass is 637 g/mol. The van der Waals surface area contributed by atoms with Gasteiger partial charge >= 0.3 is 6.03 Å². The van der Waals surface area contributed by atoms with Crippen molar-refractivity contribution < 1.29 is 19.1 Å². The van der Waals surface area contributed by atoms with Crippen molar-refractivity contribution in [3.63, 3.8) is 0 Å². The molecule has 0 spiro atoms. The number of aliphatic imine (C=N–C) groups is 1. The van der Waals surface area contributed by atoms with Crippen LogP contribution in [0.3, 0.4) is 0 Å². The lowest BCUT2D eigenvalue weighted by molar-refractivity contribution is -0.119. The molecule has 2 aliphatic rings. The van der Waals surface area contributed by atoms with Gasteiger partial charge in [0.1, 0.15) is 22.9 Å². The fourth-order valence-electron chi connectivity index (χ4n) is 5.86. The second kappa shape index (κ2) is 13.1. The smallest absolute Gasteiger partial charge is 0.326 e. The van der Waals surface area contributed by atoms with Crippen LogP contribution in [0.5, 0.6) is 11.5 Å². The van der Waals surface area contributed by atoms with Crippen molar-refractivity contribution in [1.29, 1.82) is 0 Å². The number of hydrogen-bond acceptors (Lipinski definition) is 6. The number of nitrogens with zero attached hydrogens (tertiary/aromatic N) is 4. The van der Waals surface area contributed by atoms with Gasteiger partial charge in [0.2, 0.25) is 5.91 Å². The van der Waals surface area contributed by atoms with Crippen LogP contribution in [-0.4, -0.2) is 78.4 Å².